The number of amidine groups is 1. The van der Waals surface area contributed by atoms with Crippen molar-refractivity contribution in [2.45, 2.75) is 32.6 Å². The molecule has 0 aromatic rings. The van der Waals surface area contributed by atoms with Crippen LogP contribution in [0.3, 0.4) is 0 Å². The molecule has 0 aliphatic carbocycles. The highest BCUT2D eigenvalue weighted by Crippen LogP contribution is 2.21. The maximum Gasteiger partial charge on any atom is 0.153 e. The van der Waals surface area contributed by atoms with Gasteiger partial charge in [0.15, 0.2) is 5.84 Å². The number of hydrogen-bond donors (Lipinski definition) is 2. The number of likely N-dealkylation sites (tertiary alicyclic amines) is 1. The summed E-state index contributed by atoms with van der Waals surface area (Å²) in [7, 11) is 0. The van der Waals surface area contributed by atoms with Crippen molar-refractivity contribution >= 4 is 5.84 Å². The predicted molar refractivity (Wildman–Crippen MR) is 57.5 cm³/mol. The first-order valence-corrected chi connectivity index (χ1v) is 5.45. The molecule has 1 saturated heterocycles. The summed E-state index contributed by atoms with van der Waals surface area (Å²) in [5.41, 5.74) is 5.46. The van der Waals surface area contributed by atoms with Crippen molar-refractivity contribution in [1.82, 2.24) is 4.90 Å². The van der Waals surface area contributed by atoms with E-state index in [9.17, 15) is 0 Å². The standard InChI is InChI=1S/C10H21N3O/c1-2-3-9-4-6-13(7-5-9)8-10(11)12-14/h9,14H,2-8H2,1H3,(H2,11,12). The van der Waals surface area contributed by atoms with Gasteiger partial charge >= 0.3 is 0 Å². The quantitative estimate of drug-likeness (QED) is 0.310. The molecule has 3 N–H and O–H groups in total. The number of nitrogens with two attached hydrogens (primary N) is 1. The van der Waals surface area contributed by atoms with Crippen LogP contribution < -0.4 is 5.73 Å². The van der Waals surface area contributed by atoms with E-state index >= 15 is 0 Å². The second-order valence-corrected chi connectivity index (χ2v) is 4.10. The number of oxime groups is 1. The Bertz CT molecular complexity index is 186. The summed E-state index contributed by atoms with van der Waals surface area (Å²) < 4.78 is 0. The zero-order chi connectivity index (χ0) is 10.4. The fourth-order valence-corrected chi connectivity index (χ4v) is 2.10. The second-order valence-electron chi connectivity index (χ2n) is 4.10. The molecular weight excluding hydrogens is 178 g/mol. The first-order valence-electron chi connectivity index (χ1n) is 5.45. The van der Waals surface area contributed by atoms with Crippen molar-refractivity contribution in [3.05, 3.63) is 0 Å². The summed E-state index contributed by atoms with van der Waals surface area (Å²) in [6, 6.07) is 0. The molecule has 0 unspecified atom stereocenters. The van der Waals surface area contributed by atoms with Crippen molar-refractivity contribution in [3.63, 3.8) is 0 Å². The molecule has 4 heteroatoms. The lowest BCUT2D eigenvalue weighted by Crippen LogP contribution is -2.39. The van der Waals surface area contributed by atoms with Crippen molar-refractivity contribution in [2.75, 3.05) is 19.6 Å². The minimum Gasteiger partial charge on any atom is -0.409 e. The Morgan fingerprint density at radius 2 is 2.14 bits per heavy atom. The van der Waals surface area contributed by atoms with Gasteiger partial charge in [0.05, 0.1) is 6.54 Å². The van der Waals surface area contributed by atoms with Crippen LogP contribution in [0.15, 0.2) is 5.16 Å². The van der Waals surface area contributed by atoms with Gasteiger partial charge < -0.3 is 10.9 Å². The number of nitrogens with zero attached hydrogens (tertiary/aromatic N) is 2. The van der Waals surface area contributed by atoms with Crippen LogP contribution in [0.25, 0.3) is 0 Å². The van der Waals surface area contributed by atoms with Gasteiger partial charge in [0.25, 0.3) is 0 Å². The van der Waals surface area contributed by atoms with Gasteiger partial charge in [0.2, 0.25) is 0 Å². The van der Waals surface area contributed by atoms with Gasteiger partial charge in [-0.15, -0.1) is 0 Å². The van der Waals surface area contributed by atoms with Gasteiger partial charge in [0.1, 0.15) is 0 Å². The van der Waals surface area contributed by atoms with E-state index in [4.69, 9.17) is 10.9 Å². The summed E-state index contributed by atoms with van der Waals surface area (Å²) in [4.78, 5) is 2.25. The van der Waals surface area contributed by atoms with Gasteiger partial charge in [-0.3, -0.25) is 4.90 Å². The minimum absolute atomic E-state index is 0.318. The molecule has 4 nitrogen and oxygen atoms in total. The van der Waals surface area contributed by atoms with Crippen molar-refractivity contribution in [1.29, 1.82) is 0 Å². The SMILES string of the molecule is CCCC1CCN(CC(N)=NO)CC1. The number of hydrogen-bond acceptors (Lipinski definition) is 3. The Kier molecular flexibility index (Phi) is 4.73. The van der Waals surface area contributed by atoms with Gasteiger partial charge in [-0.25, -0.2) is 0 Å². The minimum atomic E-state index is 0.318. The molecule has 0 atom stereocenters. The highest BCUT2D eigenvalue weighted by molar-refractivity contribution is 5.81. The fraction of sp³-hybridized carbons (Fsp3) is 0.900. The Hall–Kier alpha value is -0.770. The molecule has 0 aromatic heterocycles. The first-order chi connectivity index (χ1) is 6.76. The Morgan fingerprint density at radius 3 is 2.64 bits per heavy atom. The average molecular weight is 199 g/mol. The summed E-state index contributed by atoms with van der Waals surface area (Å²) >= 11 is 0. The summed E-state index contributed by atoms with van der Waals surface area (Å²) in [5, 5.41) is 11.4. The van der Waals surface area contributed by atoms with Crippen molar-refractivity contribution in [3.8, 4) is 0 Å². The van der Waals surface area contributed by atoms with E-state index in [0.29, 0.717) is 12.4 Å². The molecule has 0 aromatic carbocycles. The third-order valence-corrected chi connectivity index (χ3v) is 2.92. The maximum atomic E-state index is 8.44. The molecule has 1 fully saturated rings. The van der Waals surface area contributed by atoms with E-state index in [1.54, 1.807) is 0 Å². The van der Waals surface area contributed by atoms with E-state index in [-0.39, 0.29) is 0 Å². The average Bonchev–Trinajstić information content (AvgIpc) is 2.21. The first kappa shape index (κ1) is 11.3. The number of rotatable bonds is 4. The summed E-state index contributed by atoms with van der Waals surface area (Å²) in [5.74, 6) is 1.21. The molecule has 0 radical (unpaired) electrons. The Balaban J connectivity index is 2.22. The zero-order valence-electron chi connectivity index (χ0n) is 8.95. The fourth-order valence-electron chi connectivity index (χ4n) is 2.10. The molecule has 82 valence electrons. The smallest absolute Gasteiger partial charge is 0.153 e. The van der Waals surface area contributed by atoms with Gasteiger partial charge in [0, 0.05) is 0 Å². The van der Waals surface area contributed by atoms with E-state index < -0.39 is 0 Å². The van der Waals surface area contributed by atoms with Crippen LogP contribution in [0.4, 0.5) is 0 Å². The topological polar surface area (TPSA) is 61.8 Å². The third-order valence-electron chi connectivity index (χ3n) is 2.92. The van der Waals surface area contributed by atoms with Gasteiger partial charge in [-0.05, 0) is 31.8 Å². The molecule has 1 aliphatic rings. The van der Waals surface area contributed by atoms with Crippen molar-refractivity contribution < 1.29 is 5.21 Å². The normalized spacial score (nSPS) is 21.4. The number of piperidine rings is 1. The monoisotopic (exact) mass is 199 g/mol. The molecule has 0 saturated carbocycles. The maximum absolute atomic E-state index is 8.44. The second kappa shape index (κ2) is 5.86. The molecule has 14 heavy (non-hydrogen) atoms. The van der Waals surface area contributed by atoms with Crippen LogP contribution in [0.5, 0.6) is 0 Å². The van der Waals surface area contributed by atoms with Crippen LogP contribution >= 0.6 is 0 Å². The summed E-state index contributed by atoms with van der Waals surface area (Å²) in [6.45, 7) is 5.01. The largest absolute Gasteiger partial charge is 0.409 e. The van der Waals surface area contributed by atoms with Gasteiger partial charge in [-0.2, -0.15) is 0 Å². The highest BCUT2D eigenvalue weighted by atomic mass is 16.4. The lowest BCUT2D eigenvalue weighted by Gasteiger charge is -2.31. The van der Waals surface area contributed by atoms with Crippen LogP contribution in [0, 0.1) is 5.92 Å². The van der Waals surface area contributed by atoms with E-state index in [1.807, 2.05) is 0 Å². The Morgan fingerprint density at radius 1 is 1.50 bits per heavy atom. The molecular formula is C10H21N3O. The molecule has 1 rings (SSSR count). The van der Waals surface area contributed by atoms with Crippen LogP contribution in [-0.2, 0) is 0 Å². The molecule has 1 aliphatic heterocycles. The lowest BCUT2D eigenvalue weighted by atomic mass is 9.92. The lowest BCUT2D eigenvalue weighted by molar-refractivity contribution is 0.196. The zero-order valence-corrected chi connectivity index (χ0v) is 8.95. The summed E-state index contributed by atoms with van der Waals surface area (Å²) in [6.07, 6.45) is 5.14. The van der Waals surface area contributed by atoms with E-state index in [1.165, 1.54) is 25.7 Å². The molecule has 0 amide bonds. The van der Waals surface area contributed by atoms with Crippen LogP contribution in [0.2, 0.25) is 0 Å². The van der Waals surface area contributed by atoms with Crippen molar-refractivity contribution in [2.24, 2.45) is 16.8 Å². The highest BCUT2D eigenvalue weighted by Gasteiger charge is 2.18. The van der Waals surface area contributed by atoms with Gasteiger partial charge in [-0.1, -0.05) is 24.9 Å². The molecule has 0 bridgehead atoms. The van der Waals surface area contributed by atoms with E-state index in [0.717, 1.165) is 19.0 Å². The Labute approximate surface area is 85.8 Å². The third kappa shape index (κ3) is 3.54. The molecule has 1 heterocycles. The molecule has 0 spiro atoms. The van der Waals surface area contributed by atoms with Crippen LogP contribution in [-0.4, -0.2) is 35.6 Å². The van der Waals surface area contributed by atoms with Crippen LogP contribution in [0.1, 0.15) is 32.6 Å². The predicted octanol–water partition coefficient (Wildman–Crippen LogP) is 1.24. The van der Waals surface area contributed by atoms with E-state index in [2.05, 4.69) is 17.0 Å².